The van der Waals surface area contributed by atoms with Crippen molar-refractivity contribution in [3.05, 3.63) is 51.6 Å². The Hall–Kier alpha value is -1.59. The minimum absolute atomic E-state index is 0.256. The first kappa shape index (κ1) is 12.9. The second-order valence-corrected chi connectivity index (χ2v) is 4.75. The molecule has 0 bridgehead atoms. The molecule has 0 spiro atoms. The Balaban J connectivity index is 2.31. The van der Waals surface area contributed by atoms with Crippen LogP contribution in [0.1, 0.15) is 10.4 Å². The molecule has 4 nitrogen and oxygen atoms in total. The molecule has 2 N–H and O–H groups in total. The number of carbonyl (C=O) groups excluding carboxylic acids is 1. The molecule has 1 amide bonds. The average Bonchev–Trinajstić information content (AvgIpc) is 2.34. The van der Waals surface area contributed by atoms with Crippen molar-refractivity contribution in [3.8, 4) is 11.6 Å². The Kier molecular flexibility index (Phi) is 3.84. The van der Waals surface area contributed by atoms with Crippen LogP contribution in [-0.2, 0) is 0 Å². The molecule has 0 atom stereocenters. The van der Waals surface area contributed by atoms with Gasteiger partial charge in [-0.3, -0.25) is 4.79 Å². The zero-order valence-electron chi connectivity index (χ0n) is 9.06. The lowest BCUT2D eigenvalue weighted by Gasteiger charge is -2.07. The third-order valence-electron chi connectivity index (χ3n) is 2.13. The normalized spacial score (nSPS) is 10.1. The van der Waals surface area contributed by atoms with Gasteiger partial charge in [-0.2, -0.15) is 0 Å². The molecule has 1 aromatic heterocycles. The Bertz CT molecular complexity index is 604. The van der Waals surface area contributed by atoms with Crippen molar-refractivity contribution in [2.45, 2.75) is 0 Å². The van der Waals surface area contributed by atoms with E-state index in [4.69, 9.17) is 22.1 Å². The Labute approximate surface area is 117 Å². The van der Waals surface area contributed by atoms with Crippen LogP contribution in [0.3, 0.4) is 0 Å². The van der Waals surface area contributed by atoms with Gasteiger partial charge in [-0.05, 0) is 24.3 Å². The second-order valence-electron chi connectivity index (χ2n) is 3.42. The van der Waals surface area contributed by atoms with Gasteiger partial charge < -0.3 is 10.5 Å². The maximum atomic E-state index is 11.0. The summed E-state index contributed by atoms with van der Waals surface area (Å²) in [5.74, 6) is 0.161. The van der Waals surface area contributed by atoms with Crippen LogP contribution in [-0.4, -0.2) is 10.9 Å². The van der Waals surface area contributed by atoms with E-state index in [1.54, 1.807) is 18.2 Å². The number of aromatic nitrogens is 1. The maximum absolute atomic E-state index is 11.0. The summed E-state index contributed by atoms with van der Waals surface area (Å²) in [6.45, 7) is 0. The zero-order valence-corrected chi connectivity index (χ0v) is 11.4. The fourth-order valence-corrected chi connectivity index (χ4v) is 1.78. The summed E-state index contributed by atoms with van der Waals surface area (Å²) in [5, 5.41) is 0.449. The van der Waals surface area contributed by atoms with Gasteiger partial charge in [-0.15, -0.1) is 0 Å². The van der Waals surface area contributed by atoms with Crippen molar-refractivity contribution in [2.75, 3.05) is 0 Å². The van der Waals surface area contributed by atoms with Gasteiger partial charge in [0.1, 0.15) is 5.75 Å². The number of nitrogens with two attached hydrogens (primary N) is 1. The molecule has 2 aromatic rings. The summed E-state index contributed by atoms with van der Waals surface area (Å²) < 4.78 is 6.33. The fraction of sp³-hybridized carbons (Fsp3) is 0. The summed E-state index contributed by atoms with van der Waals surface area (Å²) in [7, 11) is 0. The number of ether oxygens (including phenoxy) is 1. The lowest BCUT2D eigenvalue weighted by Crippen LogP contribution is -2.10. The van der Waals surface area contributed by atoms with Crippen LogP contribution >= 0.6 is 27.5 Å². The van der Waals surface area contributed by atoms with E-state index in [-0.39, 0.29) is 5.88 Å². The highest BCUT2D eigenvalue weighted by Crippen LogP contribution is 2.31. The smallest absolute Gasteiger partial charge is 0.248 e. The Morgan fingerprint density at radius 2 is 2.11 bits per heavy atom. The number of rotatable bonds is 3. The van der Waals surface area contributed by atoms with Crippen LogP contribution in [0.25, 0.3) is 0 Å². The number of amides is 1. The molecular weight excluding hydrogens is 320 g/mol. The summed E-state index contributed by atoms with van der Waals surface area (Å²) >= 11 is 9.30. The predicted molar refractivity (Wildman–Crippen MR) is 72.0 cm³/mol. The van der Waals surface area contributed by atoms with E-state index < -0.39 is 5.91 Å². The highest BCUT2D eigenvalue weighted by Gasteiger charge is 2.07. The van der Waals surface area contributed by atoms with Crippen molar-refractivity contribution >= 4 is 33.4 Å². The van der Waals surface area contributed by atoms with E-state index in [2.05, 4.69) is 20.9 Å². The average molecular weight is 328 g/mol. The largest absolute Gasteiger partial charge is 0.437 e. The van der Waals surface area contributed by atoms with Crippen LogP contribution in [0.15, 0.2) is 41.0 Å². The third-order valence-corrected chi connectivity index (χ3v) is 2.93. The van der Waals surface area contributed by atoms with Crippen molar-refractivity contribution in [3.63, 3.8) is 0 Å². The van der Waals surface area contributed by atoms with E-state index in [9.17, 15) is 4.79 Å². The van der Waals surface area contributed by atoms with E-state index >= 15 is 0 Å². The highest BCUT2D eigenvalue weighted by atomic mass is 79.9. The number of primary amides is 1. The van der Waals surface area contributed by atoms with Crippen LogP contribution in [0.4, 0.5) is 0 Å². The number of pyridine rings is 1. The first-order valence-corrected chi connectivity index (χ1v) is 6.12. The topological polar surface area (TPSA) is 65.2 Å². The van der Waals surface area contributed by atoms with Gasteiger partial charge in [-0.1, -0.05) is 27.5 Å². The lowest BCUT2D eigenvalue weighted by molar-refractivity contribution is 0.1000. The molecule has 0 fully saturated rings. The minimum Gasteiger partial charge on any atom is -0.437 e. The molecule has 18 heavy (non-hydrogen) atoms. The quantitative estimate of drug-likeness (QED) is 0.939. The maximum Gasteiger partial charge on any atom is 0.248 e. The van der Waals surface area contributed by atoms with Crippen molar-refractivity contribution in [1.82, 2.24) is 4.98 Å². The number of carbonyl (C=O) groups is 1. The number of nitrogens with zero attached hydrogens (tertiary/aromatic N) is 1. The molecule has 0 aliphatic rings. The summed E-state index contributed by atoms with van der Waals surface area (Å²) in [4.78, 5) is 15.0. The van der Waals surface area contributed by atoms with Crippen LogP contribution in [0.2, 0.25) is 5.02 Å². The molecule has 0 radical (unpaired) electrons. The van der Waals surface area contributed by atoms with E-state index in [1.165, 1.54) is 18.3 Å². The first-order chi connectivity index (χ1) is 8.56. The van der Waals surface area contributed by atoms with Gasteiger partial charge in [-0.25, -0.2) is 4.98 Å². The number of hydrogen-bond acceptors (Lipinski definition) is 3. The van der Waals surface area contributed by atoms with E-state index in [0.717, 1.165) is 4.47 Å². The van der Waals surface area contributed by atoms with Crippen LogP contribution in [0.5, 0.6) is 11.6 Å². The fourth-order valence-electron chi connectivity index (χ4n) is 1.29. The predicted octanol–water partition coefficient (Wildman–Crippen LogP) is 3.39. The van der Waals surface area contributed by atoms with Crippen molar-refractivity contribution < 1.29 is 9.53 Å². The molecule has 92 valence electrons. The van der Waals surface area contributed by atoms with E-state index in [1.807, 2.05) is 0 Å². The SMILES string of the molecule is NC(=O)c1ccnc(Oc2cc(Br)ccc2Cl)c1. The summed E-state index contributed by atoms with van der Waals surface area (Å²) in [5.41, 5.74) is 5.50. The minimum atomic E-state index is -0.539. The molecule has 0 saturated heterocycles. The standard InChI is InChI=1S/C12H8BrClN2O2/c13-8-1-2-9(14)10(6-8)18-11-5-7(12(15)17)3-4-16-11/h1-6H,(H2,15,17). The Morgan fingerprint density at radius 1 is 1.33 bits per heavy atom. The van der Waals surface area contributed by atoms with Crippen molar-refractivity contribution in [2.24, 2.45) is 5.73 Å². The summed E-state index contributed by atoms with van der Waals surface area (Å²) in [6.07, 6.45) is 1.45. The summed E-state index contributed by atoms with van der Waals surface area (Å²) in [6, 6.07) is 8.17. The molecule has 0 unspecified atom stereocenters. The molecule has 1 heterocycles. The van der Waals surface area contributed by atoms with Crippen LogP contribution in [0, 0.1) is 0 Å². The van der Waals surface area contributed by atoms with Gasteiger partial charge in [0.25, 0.3) is 0 Å². The van der Waals surface area contributed by atoms with E-state index in [0.29, 0.717) is 16.3 Å². The Morgan fingerprint density at radius 3 is 2.83 bits per heavy atom. The molecule has 0 saturated carbocycles. The van der Waals surface area contributed by atoms with Gasteiger partial charge in [0.2, 0.25) is 11.8 Å². The van der Waals surface area contributed by atoms with Gasteiger partial charge in [0.05, 0.1) is 5.02 Å². The van der Waals surface area contributed by atoms with Gasteiger partial charge in [0, 0.05) is 22.3 Å². The van der Waals surface area contributed by atoms with Crippen molar-refractivity contribution in [1.29, 1.82) is 0 Å². The number of benzene rings is 1. The second kappa shape index (κ2) is 5.37. The highest BCUT2D eigenvalue weighted by molar-refractivity contribution is 9.10. The first-order valence-electron chi connectivity index (χ1n) is 4.95. The lowest BCUT2D eigenvalue weighted by atomic mass is 10.2. The third kappa shape index (κ3) is 3.00. The van der Waals surface area contributed by atoms with Gasteiger partial charge in [0.15, 0.2) is 0 Å². The monoisotopic (exact) mass is 326 g/mol. The van der Waals surface area contributed by atoms with Gasteiger partial charge >= 0.3 is 0 Å². The molecular formula is C12H8BrClN2O2. The molecule has 1 aromatic carbocycles. The zero-order chi connectivity index (χ0) is 13.1. The molecule has 0 aliphatic heterocycles. The number of hydrogen-bond donors (Lipinski definition) is 1. The molecule has 6 heteroatoms. The van der Waals surface area contributed by atoms with Crippen LogP contribution < -0.4 is 10.5 Å². The molecule has 2 rings (SSSR count). The number of halogens is 2. The molecule has 0 aliphatic carbocycles.